The van der Waals surface area contributed by atoms with Gasteiger partial charge in [0.15, 0.2) is 0 Å². The molecule has 1 unspecified atom stereocenters. The molecule has 0 amide bonds. The Morgan fingerprint density at radius 2 is 2.00 bits per heavy atom. The van der Waals surface area contributed by atoms with Gasteiger partial charge in [0.25, 0.3) is 0 Å². The highest BCUT2D eigenvalue weighted by Gasteiger charge is 2.51. The molecular formula is C28H35NO4. The van der Waals surface area contributed by atoms with E-state index in [-0.39, 0.29) is 29.3 Å². The summed E-state index contributed by atoms with van der Waals surface area (Å²) in [4.78, 5) is 15.4. The molecule has 33 heavy (non-hydrogen) atoms. The molecule has 1 aliphatic heterocycles. The number of carbonyl (C=O) groups is 1. The number of esters is 1. The maximum atomic E-state index is 13.1. The molecule has 0 bridgehead atoms. The van der Waals surface area contributed by atoms with Gasteiger partial charge in [-0.15, -0.1) is 0 Å². The number of nitrogens with zero attached hydrogens (tertiary/aromatic N) is 1. The number of rotatable bonds is 7. The molecular weight excluding hydrogens is 414 g/mol. The molecule has 0 radical (unpaired) electrons. The average Bonchev–Trinajstić information content (AvgIpc) is 3.40. The van der Waals surface area contributed by atoms with Crippen LogP contribution in [0.2, 0.25) is 0 Å². The van der Waals surface area contributed by atoms with E-state index in [0.717, 1.165) is 24.5 Å². The van der Waals surface area contributed by atoms with E-state index in [1.807, 2.05) is 24.3 Å². The van der Waals surface area contributed by atoms with Gasteiger partial charge in [0, 0.05) is 19.0 Å². The second kappa shape index (κ2) is 9.02. The van der Waals surface area contributed by atoms with Crippen LogP contribution in [0.25, 0.3) is 0 Å². The zero-order valence-corrected chi connectivity index (χ0v) is 20.0. The van der Waals surface area contributed by atoms with Crippen molar-refractivity contribution in [1.29, 1.82) is 0 Å². The molecule has 0 N–H and O–H groups in total. The minimum atomic E-state index is -0.144. The van der Waals surface area contributed by atoms with Crippen molar-refractivity contribution in [2.45, 2.75) is 58.7 Å². The third-order valence-corrected chi connectivity index (χ3v) is 8.06. The lowest BCUT2D eigenvalue weighted by Crippen LogP contribution is -2.40. The Morgan fingerprint density at radius 3 is 2.73 bits per heavy atom. The summed E-state index contributed by atoms with van der Waals surface area (Å²) in [5.41, 5.74) is 2.93. The van der Waals surface area contributed by atoms with Crippen LogP contribution in [0.15, 0.2) is 58.7 Å². The first-order valence-electron chi connectivity index (χ1n) is 12.3. The van der Waals surface area contributed by atoms with Crippen molar-refractivity contribution in [1.82, 2.24) is 4.90 Å². The molecule has 2 aromatic rings. The van der Waals surface area contributed by atoms with Crippen LogP contribution in [-0.4, -0.2) is 30.6 Å². The predicted octanol–water partition coefficient (Wildman–Crippen LogP) is 5.60. The van der Waals surface area contributed by atoms with Gasteiger partial charge in [0.05, 0.1) is 25.8 Å². The van der Waals surface area contributed by atoms with Crippen molar-refractivity contribution in [3.8, 4) is 5.75 Å². The minimum Gasteiger partial charge on any atom is -0.497 e. The fourth-order valence-electron chi connectivity index (χ4n) is 6.33. The molecule has 1 saturated heterocycles. The number of furan rings is 1. The summed E-state index contributed by atoms with van der Waals surface area (Å²) in [6.45, 7) is 6.77. The molecule has 5 atom stereocenters. The molecule has 2 fully saturated rings. The summed E-state index contributed by atoms with van der Waals surface area (Å²) in [6, 6.07) is 12.0. The van der Waals surface area contributed by atoms with Crippen LogP contribution >= 0.6 is 0 Å². The van der Waals surface area contributed by atoms with Crippen LogP contribution in [0, 0.1) is 23.2 Å². The molecule has 1 saturated carbocycles. The minimum absolute atomic E-state index is 0.00741. The fraction of sp³-hybridized carbons (Fsp3) is 0.536. The van der Waals surface area contributed by atoms with Crippen molar-refractivity contribution in [2.24, 2.45) is 23.2 Å². The lowest BCUT2D eigenvalue weighted by molar-refractivity contribution is -0.145. The number of benzene rings is 1. The zero-order valence-electron chi connectivity index (χ0n) is 20.0. The second-order valence-corrected chi connectivity index (χ2v) is 10.4. The Hall–Kier alpha value is -2.53. The highest BCUT2D eigenvalue weighted by atomic mass is 16.6. The van der Waals surface area contributed by atoms with Gasteiger partial charge in [0.1, 0.15) is 17.6 Å². The Labute approximate surface area is 196 Å². The monoisotopic (exact) mass is 449 g/mol. The highest BCUT2D eigenvalue weighted by molar-refractivity contribution is 5.76. The van der Waals surface area contributed by atoms with E-state index in [1.165, 1.54) is 24.8 Å². The van der Waals surface area contributed by atoms with E-state index >= 15 is 0 Å². The summed E-state index contributed by atoms with van der Waals surface area (Å²) in [6.07, 6.45) is 8.84. The number of methoxy groups -OCH3 is 1. The van der Waals surface area contributed by atoms with E-state index in [9.17, 15) is 4.79 Å². The van der Waals surface area contributed by atoms with Crippen molar-refractivity contribution >= 4 is 5.97 Å². The largest absolute Gasteiger partial charge is 0.497 e. The Bertz CT molecular complexity index is 995. The molecule has 5 nitrogen and oxygen atoms in total. The number of fused-ring (bicyclic) bond motifs is 2. The highest BCUT2D eigenvalue weighted by Crippen LogP contribution is 2.54. The van der Waals surface area contributed by atoms with Crippen LogP contribution in [-0.2, 0) is 22.6 Å². The second-order valence-electron chi connectivity index (χ2n) is 10.4. The molecule has 3 aliphatic rings. The first-order valence-corrected chi connectivity index (χ1v) is 12.3. The summed E-state index contributed by atoms with van der Waals surface area (Å²) in [5, 5.41) is 0. The zero-order chi connectivity index (χ0) is 23.0. The Morgan fingerprint density at radius 1 is 1.18 bits per heavy atom. The van der Waals surface area contributed by atoms with Crippen molar-refractivity contribution in [3.05, 3.63) is 65.6 Å². The van der Waals surface area contributed by atoms with E-state index in [0.29, 0.717) is 19.0 Å². The molecule has 1 aromatic carbocycles. The van der Waals surface area contributed by atoms with Crippen LogP contribution in [0.4, 0.5) is 0 Å². The third-order valence-electron chi connectivity index (χ3n) is 8.06. The van der Waals surface area contributed by atoms with Gasteiger partial charge in [0.2, 0.25) is 0 Å². The summed E-state index contributed by atoms with van der Waals surface area (Å²) in [7, 11) is 1.68. The average molecular weight is 450 g/mol. The first kappa shape index (κ1) is 22.3. The SMILES string of the molecule is COc1ccc(CN(Cc2ccco2)CC2C(=O)O[C@@H]3C[C@@]4(C)CCC[C@H](C)C4=C[C@H]23)cc1. The van der Waals surface area contributed by atoms with Gasteiger partial charge in [-0.3, -0.25) is 9.69 Å². The van der Waals surface area contributed by atoms with Crippen LogP contribution in [0.5, 0.6) is 5.75 Å². The molecule has 2 aliphatic carbocycles. The summed E-state index contributed by atoms with van der Waals surface area (Å²) in [5.74, 6) is 2.32. The topological polar surface area (TPSA) is 51.9 Å². The molecule has 5 heteroatoms. The number of hydrogen-bond donors (Lipinski definition) is 0. The van der Waals surface area contributed by atoms with Crippen molar-refractivity contribution < 1.29 is 18.7 Å². The van der Waals surface area contributed by atoms with Gasteiger partial charge < -0.3 is 13.9 Å². The fourth-order valence-corrected chi connectivity index (χ4v) is 6.33. The van der Waals surface area contributed by atoms with Gasteiger partial charge in [-0.05, 0) is 60.4 Å². The van der Waals surface area contributed by atoms with E-state index in [1.54, 1.807) is 18.9 Å². The standard InChI is InChI=1S/C28H35NO4/c1-19-6-4-12-28(2)15-26-23(14-25(19)28)24(27(30)33-26)18-29(17-22-7-5-13-32-22)16-20-8-10-21(31-3)11-9-20/h5,7-11,13-14,19,23-24,26H,4,6,12,15-18H2,1-3H3/t19-,23+,24?,26+,28+/m0/s1. The molecule has 5 rings (SSSR count). The summed E-state index contributed by atoms with van der Waals surface area (Å²) >= 11 is 0. The van der Waals surface area contributed by atoms with Crippen LogP contribution in [0.3, 0.4) is 0 Å². The maximum absolute atomic E-state index is 13.1. The van der Waals surface area contributed by atoms with Crippen molar-refractivity contribution in [2.75, 3.05) is 13.7 Å². The van der Waals surface area contributed by atoms with Gasteiger partial charge in [-0.1, -0.05) is 44.1 Å². The van der Waals surface area contributed by atoms with Crippen molar-refractivity contribution in [3.63, 3.8) is 0 Å². The smallest absolute Gasteiger partial charge is 0.311 e. The molecule has 176 valence electrons. The van der Waals surface area contributed by atoms with Gasteiger partial charge in [-0.2, -0.15) is 0 Å². The third kappa shape index (κ3) is 4.48. The number of ether oxygens (including phenoxy) is 2. The maximum Gasteiger partial charge on any atom is 0.311 e. The summed E-state index contributed by atoms with van der Waals surface area (Å²) < 4.78 is 16.9. The lowest BCUT2D eigenvalue weighted by Gasteiger charge is -2.46. The Kier molecular flexibility index (Phi) is 6.09. The molecule has 2 heterocycles. The number of hydrogen-bond acceptors (Lipinski definition) is 5. The first-order chi connectivity index (χ1) is 15.9. The molecule has 0 spiro atoms. The lowest BCUT2D eigenvalue weighted by atomic mass is 9.59. The number of carbonyl (C=O) groups excluding carboxylic acids is 1. The van der Waals surface area contributed by atoms with E-state index < -0.39 is 0 Å². The predicted molar refractivity (Wildman–Crippen MR) is 126 cm³/mol. The Balaban J connectivity index is 1.38. The van der Waals surface area contributed by atoms with Crippen LogP contribution < -0.4 is 4.74 Å². The van der Waals surface area contributed by atoms with Gasteiger partial charge in [-0.25, -0.2) is 0 Å². The normalized spacial score (nSPS) is 31.0. The van der Waals surface area contributed by atoms with E-state index in [2.05, 4.69) is 37.0 Å². The van der Waals surface area contributed by atoms with E-state index in [4.69, 9.17) is 13.9 Å². The number of allylic oxidation sites excluding steroid dienone is 1. The van der Waals surface area contributed by atoms with Gasteiger partial charge >= 0.3 is 5.97 Å². The quantitative estimate of drug-likeness (QED) is 0.407. The van der Waals surface area contributed by atoms with Crippen LogP contribution in [0.1, 0.15) is 50.9 Å². The molecule has 1 aromatic heterocycles.